The van der Waals surface area contributed by atoms with Gasteiger partial charge in [0.1, 0.15) is 11.9 Å². The lowest BCUT2D eigenvalue weighted by Crippen LogP contribution is -2.38. The number of aryl methyl sites for hydroxylation is 1. The van der Waals surface area contributed by atoms with Crippen LogP contribution in [-0.2, 0) is 18.9 Å². The Kier molecular flexibility index (Phi) is 4.41. The second-order valence-corrected chi connectivity index (χ2v) is 6.23. The van der Waals surface area contributed by atoms with Crippen molar-refractivity contribution < 1.29 is 9.18 Å². The lowest BCUT2D eigenvalue weighted by atomic mass is 10.2. The maximum Gasteiger partial charge on any atom is 0.332 e. The predicted octanol–water partition coefficient (Wildman–Crippen LogP) is 1.43. The highest BCUT2D eigenvalue weighted by molar-refractivity contribution is 6.33. The fourth-order valence-electron chi connectivity index (χ4n) is 2.61. The van der Waals surface area contributed by atoms with Crippen molar-refractivity contribution in [3.8, 4) is 0 Å². The van der Waals surface area contributed by atoms with Gasteiger partial charge in [-0.1, -0.05) is 11.6 Å². The van der Waals surface area contributed by atoms with Crippen LogP contribution in [0.2, 0.25) is 5.02 Å². The van der Waals surface area contributed by atoms with Crippen LogP contribution in [0.5, 0.6) is 0 Å². The average molecular weight is 380 g/mol. The minimum absolute atomic E-state index is 0.0550. The van der Waals surface area contributed by atoms with E-state index in [2.05, 4.69) is 10.3 Å². The summed E-state index contributed by atoms with van der Waals surface area (Å²) in [5, 5.41) is 2.64. The van der Waals surface area contributed by atoms with Crippen molar-refractivity contribution in [1.82, 2.24) is 18.7 Å². The molecule has 0 saturated carbocycles. The summed E-state index contributed by atoms with van der Waals surface area (Å²) in [6.45, 7) is 1.57. The minimum atomic E-state index is -0.827. The summed E-state index contributed by atoms with van der Waals surface area (Å²) >= 11 is 5.92. The Hall–Kier alpha value is -2.94. The van der Waals surface area contributed by atoms with Gasteiger partial charge in [0.05, 0.1) is 17.0 Å². The molecular weight excluding hydrogens is 365 g/mol. The second kappa shape index (κ2) is 6.41. The molecule has 0 aliphatic heterocycles. The van der Waals surface area contributed by atoms with Crippen molar-refractivity contribution in [2.75, 3.05) is 5.32 Å². The van der Waals surface area contributed by atoms with Gasteiger partial charge in [-0.15, -0.1) is 0 Å². The number of nitrogens with one attached hydrogen (secondary N) is 1. The summed E-state index contributed by atoms with van der Waals surface area (Å²) < 4.78 is 16.7. The first-order valence-electron chi connectivity index (χ1n) is 7.61. The first kappa shape index (κ1) is 17.9. The number of amides is 1. The minimum Gasteiger partial charge on any atom is -0.323 e. The molecule has 3 rings (SSSR count). The van der Waals surface area contributed by atoms with Crippen LogP contribution in [0.1, 0.15) is 13.0 Å². The summed E-state index contributed by atoms with van der Waals surface area (Å²) in [5.41, 5.74) is -0.516. The predicted molar refractivity (Wildman–Crippen MR) is 95.0 cm³/mol. The van der Waals surface area contributed by atoms with Crippen LogP contribution in [0.4, 0.5) is 10.1 Å². The number of hydrogen-bond acceptors (Lipinski definition) is 4. The van der Waals surface area contributed by atoms with E-state index in [0.29, 0.717) is 0 Å². The molecular formula is C16H15ClFN5O3. The smallest absolute Gasteiger partial charge is 0.323 e. The highest BCUT2D eigenvalue weighted by Crippen LogP contribution is 2.24. The number of benzene rings is 1. The van der Waals surface area contributed by atoms with E-state index in [0.717, 1.165) is 10.6 Å². The lowest BCUT2D eigenvalue weighted by molar-refractivity contribution is -0.118. The fraction of sp³-hybridized carbons (Fsp3) is 0.250. The molecule has 8 nitrogen and oxygen atoms in total. The number of carbonyl (C=O) groups is 1. The first-order chi connectivity index (χ1) is 12.2. The van der Waals surface area contributed by atoms with Crippen molar-refractivity contribution >= 4 is 34.4 Å². The zero-order valence-corrected chi connectivity index (χ0v) is 14.9. The third-order valence-electron chi connectivity index (χ3n) is 4.16. The number of rotatable bonds is 3. The Morgan fingerprint density at radius 1 is 1.27 bits per heavy atom. The molecule has 0 saturated heterocycles. The number of nitrogens with zero attached hydrogens (tertiary/aromatic N) is 4. The van der Waals surface area contributed by atoms with Gasteiger partial charge in [0.2, 0.25) is 5.91 Å². The molecule has 136 valence electrons. The lowest BCUT2D eigenvalue weighted by Gasteiger charge is -2.15. The molecule has 0 unspecified atom stereocenters. The average Bonchev–Trinajstić information content (AvgIpc) is 3.04. The maximum atomic E-state index is 13.1. The molecule has 0 fully saturated rings. The zero-order chi connectivity index (χ0) is 19.2. The molecule has 0 aliphatic rings. The van der Waals surface area contributed by atoms with Crippen LogP contribution in [0.15, 0.2) is 34.1 Å². The fourth-order valence-corrected chi connectivity index (χ4v) is 2.83. The molecule has 0 spiro atoms. The van der Waals surface area contributed by atoms with Gasteiger partial charge in [-0.25, -0.2) is 14.2 Å². The number of carbonyl (C=O) groups excluding carboxylic acids is 1. The van der Waals surface area contributed by atoms with E-state index in [9.17, 15) is 18.8 Å². The van der Waals surface area contributed by atoms with Gasteiger partial charge in [-0.3, -0.25) is 18.7 Å². The van der Waals surface area contributed by atoms with Crippen molar-refractivity contribution in [2.24, 2.45) is 14.1 Å². The molecule has 10 heteroatoms. The summed E-state index contributed by atoms with van der Waals surface area (Å²) in [5.74, 6) is -1.00. The van der Waals surface area contributed by atoms with Crippen molar-refractivity contribution in [3.05, 3.63) is 56.2 Å². The van der Waals surface area contributed by atoms with Gasteiger partial charge in [-0.05, 0) is 25.1 Å². The van der Waals surface area contributed by atoms with Crippen LogP contribution >= 0.6 is 11.6 Å². The Bertz CT molecular complexity index is 1150. The molecule has 2 aromatic heterocycles. The SMILES string of the molecule is C[C@H](C(=O)Nc1ccc(F)cc1Cl)n1cnc2c1c(=O)n(C)c(=O)n2C. The number of aromatic nitrogens is 4. The number of anilines is 1. The quantitative estimate of drug-likeness (QED) is 0.745. The van der Waals surface area contributed by atoms with E-state index in [1.165, 1.54) is 41.7 Å². The van der Waals surface area contributed by atoms with E-state index in [4.69, 9.17) is 11.6 Å². The highest BCUT2D eigenvalue weighted by atomic mass is 35.5. The molecule has 0 aliphatic carbocycles. The number of hydrogen-bond donors (Lipinski definition) is 1. The standard InChI is InChI=1S/C16H15ClFN5O3/c1-8(14(24)20-11-5-4-9(18)6-10(11)17)23-7-19-13-12(23)15(25)22(3)16(26)21(13)2/h4-8H,1-3H3,(H,20,24)/t8-/m1/s1. The van der Waals surface area contributed by atoms with E-state index >= 15 is 0 Å². The van der Waals surface area contributed by atoms with Crippen molar-refractivity contribution in [3.63, 3.8) is 0 Å². The normalized spacial score (nSPS) is 12.3. The van der Waals surface area contributed by atoms with Gasteiger partial charge in [0.15, 0.2) is 11.2 Å². The Labute approximate surface area is 151 Å². The van der Waals surface area contributed by atoms with Gasteiger partial charge in [0, 0.05) is 14.1 Å². The summed E-state index contributed by atoms with van der Waals surface area (Å²) in [4.78, 5) is 41.1. The molecule has 1 N–H and O–H groups in total. The summed E-state index contributed by atoms with van der Waals surface area (Å²) in [6, 6.07) is 2.77. The van der Waals surface area contributed by atoms with Gasteiger partial charge >= 0.3 is 5.69 Å². The van der Waals surface area contributed by atoms with Crippen molar-refractivity contribution in [1.29, 1.82) is 0 Å². The molecule has 26 heavy (non-hydrogen) atoms. The second-order valence-electron chi connectivity index (χ2n) is 5.82. The Balaban J connectivity index is 2.02. The third-order valence-corrected chi connectivity index (χ3v) is 4.47. The van der Waals surface area contributed by atoms with Crippen LogP contribution in [-0.4, -0.2) is 24.6 Å². The Morgan fingerprint density at radius 2 is 1.96 bits per heavy atom. The highest BCUT2D eigenvalue weighted by Gasteiger charge is 2.22. The molecule has 1 aromatic carbocycles. The summed E-state index contributed by atoms with van der Waals surface area (Å²) in [6.07, 6.45) is 1.32. The molecule has 2 heterocycles. The van der Waals surface area contributed by atoms with E-state index in [-0.39, 0.29) is 21.9 Å². The molecule has 0 bridgehead atoms. The zero-order valence-electron chi connectivity index (χ0n) is 14.2. The monoisotopic (exact) mass is 379 g/mol. The van der Waals surface area contributed by atoms with Gasteiger partial charge in [0.25, 0.3) is 5.56 Å². The van der Waals surface area contributed by atoms with E-state index < -0.39 is 29.0 Å². The van der Waals surface area contributed by atoms with E-state index in [1.807, 2.05) is 0 Å². The number of imidazole rings is 1. The van der Waals surface area contributed by atoms with Crippen LogP contribution < -0.4 is 16.6 Å². The van der Waals surface area contributed by atoms with Crippen LogP contribution in [0, 0.1) is 5.82 Å². The number of fused-ring (bicyclic) bond motifs is 1. The molecule has 0 radical (unpaired) electrons. The third kappa shape index (κ3) is 2.80. The molecule has 3 aromatic rings. The summed E-state index contributed by atoms with van der Waals surface area (Å²) in [7, 11) is 2.84. The first-order valence-corrected chi connectivity index (χ1v) is 7.98. The van der Waals surface area contributed by atoms with Crippen LogP contribution in [0.3, 0.4) is 0 Å². The van der Waals surface area contributed by atoms with Gasteiger partial charge in [-0.2, -0.15) is 0 Å². The molecule has 1 atom stereocenters. The van der Waals surface area contributed by atoms with Crippen LogP contribution in [0.25, 0.3) is 11.2 Å². The largest absolute Gasteiger partial charge is 0.332 e. The molecule has 1 amide bonds. The maximum absolute atomic E-state index is 13.1. The van der Waals surface area contributed by atoms with Crippen molar-refractivity contribution in [2.45, 2.75) is 13.0 Å². The van der Waals surface area contributed by atoms with Gasteiger partial charge < -0.3 is 9.88 Å². The Morgan fingerprint density at radius 3 is 2.62 bits per heavy atom. The number of halogens is 2. The van der Waals surface area contributed by atoms with E-state index in [1.54, 1.807) is 6.92 Å². The topological polar surface area (TPSA) is 90.9 Å².